The zero-order chi connectivity index (χ0) is 18.1. The minimum atomic E-state index is -3.10. The van der Waals surface area contributed by atoms with Crippen LogP contribution in [0.25, 0.3) is 0 Å². The lowest BCUT2D eigenvalue weighted by molar-refractivity contribution is 0.282. The van der Waals surface area contributed by atoms with E-state index in [9.17, 15) is 8.42 Å². The van der Waals surface area contributed by atoms with E-state index in [0.29, 0.717) is 12.5 Å². The Morgan fingerprint density at radius 1 is 1.04 bits per heavy atom. The van der Waals surface area contributed by atoms with Crippen molar-refractivity contribution in [3.8, 4) is 0 Å². The molecule has 0 spiro atoms. The molecule has 1 rings (SSSR count). The van der Waals surface area contributed by atoms with Gasteiger partial charge in [0.15, 0.2) is 15.8 Å². The van der Waals surface area contributed by atoms with Crippen molar-refractivity contribution in [2.45, 2.75) is 57.6 Å². The summed E-state index contributed by atoms with van der Waals surface area (Å²) in [5.41, 5.74) is 0. The Bertz CT molecular complexity index is 475. The highest BCUT2D eigenvalue weighted by Gasteiger charge is 2.28. The molecule has 7 heteroatoms. The molecule has 0 aromatic carbocycles. The Balaban J connectivity index is 2.21. The smallest absolute Gasteiger partial charge is 0.191 e. The number of hydrogen-bond acceptors (Lipinski definition) is 4. The first kappa shape index (κ1) is 21.2. The van der Waals surface area contributed by atoms with Crippen LogP contribution in [0.1, 0.15) is 52.9 Å². The SMILES string of the molecule is CN=C(NCCCN1CCCCCC1)NCCS(=O)(=O)C(C)(C)C. The van der Waals surface area contributed by atoms with Crippen LogP contribution in [0.4, 0.5) is 0 Å². The van der Waals surface area contributed by atoms with Crippen LogP contribution in [-0.2, 0) is 9.84 Å². The molecule has 1 heterocycles. The van der Waals surface area contributed by atoms with Crippen molar-refractivity contribution in [1.82, 2.24) is 15.5 Å². The van der Waals surface area contributed by atoms with Gasteiger partial charge >= 0.3 is 0 Å². The maximum atomic E-state index is 12.1. The molecule has 1 fully saturated rings. The minimum absolute atomic E-state index is 0.116. The summed E-state index contributed by atoms with van der Waals surface area (Å²) < 4.78 is 23.4. The van der Waals surface area contributed by atoms with E-state index in [1.165, 1.54) is 38.8 Å². The van der Waals surface area contributed by atoms with E-state index >= 15 is 0 Å². The minimum Gasteiger partial charge on any atom is -0.356 e. The van der Waals surface area contributed by atoms with E-state index in [1.54, 1.807) is 27.8 Å². The molecule has 1 aliphatic heterocycles. The van der Waals surface area contributed by atoms with E-state index in [-0.39, 0.29) is 5.75 Å². The molecule has 0 unspecified atom stereocenters. The van der Waals surface area contributed by atoms with Gasteiger partial charge in [-0.15, -0.1) is 0 Å². The van der Waals surface area contributed by atoms with Crippen LogP contribution in [0.3, 0.4) is 0 Å². The molecule has 1 aliphatic rings. The van der Waals surface area contributed by atoms with Crippen LogP contribution >= 0.6 is 0 Å². The van der Waals surface area contributed by atoms with Crippen molar-refractivity contribution in [2.24, 2.45) is 4.99 Å². The summed E-state index contributed by atoms with van der Waals surface area (Å²) in [5.74, 6) is 0.792. The number of rotatable bonds is 7. The normalized spacial score (nSPS) is 18.2. The van der Waals surface area contributed by atoms with Crippen LogP contribution in [0.15, 0.2) is 4.99 Å². The summed E-state index contributed by atoms with van der Waals surface area (Å²) in [7, 11) is -1.39. The Morgan fingerprint density at radius 2 is 1.62 bits per heavy atom. The fourth-order valence-electron chi connectivity index (χ4n) is 2.70. The number of nitrogens with zero attached hydrogens (tertiary/aromatic N) is 2. The first-order valence-electron chi connectivity index (χ1n) is 9.15. The predicted molar refractivity (Wildman–Crippen MR) is 102 cm³/mol. The highest BCUT2D eigenvalue weighted by Crippen LogP contribution is 2.15. The third-order valence-corrected chi connectivity index (χ3v) is 7.07. The Hall–Kier alpha value is -0.820. The van der Waals surface area contributed by atoms with Crippen LogP contribution in [-0.4, -0.2) is 69.5 Å². The Labute approximate surface area is 148 Å². The van der Waals surface area contributed by atoms with Gasteiger partial charge in [-0.25, -0.2) is 8.42 Å². The third-order valence-electron chi connectivity index (χ3n) is 4.46. The van der Waals surface area contributed by atoms with Gasteiger partial charge in [-0.2, -0.15) is 0 Å². The van der Waals surface area contributed by atoms with Crippen molar-refractivity contribution in [1.29, 1.82) is 0 Å². The standard InChI is InChI=1S/C17H36N4O2S/c1-17(2,3)24(22,23)15-11-20-16(18-4)19-10-9-14-21-12-7-5-6-8-13-21/h5-15H2,1-4H3,(H2,18,19,20). The molecule has 1 saturated heterocycles. The van der Waals surface area contributed by atoms with Crippen LogP contribution in [0.2, 0.25) is 0 Å². The summed E-state index contributed by atoms with van der Waals surface area (Å²) in [6.45, 7) is 9.99. The first-order chi connectivity index (χ1) is 11.3. The zero-order valence-corrected chi connectivity index (χ0v) is 16.7. The van der Waals surface area contributed by atoms with Gasteiger partial charge in [-0.05, 0) is 59.7 Å². The molecule has 0 saturated carbocycles. The van der Waals surface area contributed by atoms with Crippen molar-refractivity contribution < 1.29 is 8.42 Å². The monoisotopic (exact) mass is 360 g/mol. The van der Waals surface area contributed by atoms with Crippen LogP contribution in [0.5, 0.6) is 0 Å². The van der Waals surface area contributed by atoms with E-state index in [1.807, 2.05) is 0 Å². The fourth-order valence-corrected chi connectivity index (χ4v) is 3.68. The van der Waals surface area contributed by atoms with Gasteiger partial charge in [0, 0.05) is 20.1 Å². The topological polar surface area (TPSA) is 73.8 Å². The second kappa shape index (κ2) is 10.2. The highest BCUT2D eigenvalue weighted by atomic mass is 32.2. The zero-order valence-electron chi connectivity index (χ0n) is 15.9. The molecular weight excluding hydrogens is 324 g/mol. The van der Waals surface area contributed by atoms with Crippen molar-refractivity contribution in [3.05, 3.63) is 0 Å². The van der Waals surface area contributed by atoms with Crippen molar-refractivity contribution >= 4 is 15.8 Å². The molecule has 0 atom stereocenters. The fraction of sp³-hybridized carbons (Fsp3) is 0.941. The molecule has 0 aromatic heterocycles. The number of likely N-dealkylation sites (tertiary alicyclic amines) is 1. The number of hydrogen-bond donors (Lipinski definition) is 2. The Morgan fingerprint density at radius 3 is 2.17 bits per heavy atom. The molecule has 0 aromatic rings. The molecule has 24 heavy (non-hydrogen) atoms. The van der Waals surface area contributed by atoms with E-state index in [4.69, 9.17) is 0 Å². The number of aliphatic imine (C=N–C) groups is 1. The molecular formula is C17H36N4O2S. The summed E-state index contributed by atoms with van der Waals surface area (Å²) in [6.07, 6.45) is 6.43. The van der Waals surface area contributed by atoms with Gasteiger partial charge in [-0.3, -0.25) is 4.99 Å². The average Bonchev–Trinajstić information content (AvgIpc) is 2.77. The van der Waals surface area contributed by atoms with Gasteiger partial charge < -0.3 is 15.5 Å². The van der Waals surface area contributed by atoms with Gasteiger partial charge in [0.2, 0.25) is 0 Å². The highest BCUT2D eigenvalue weighted by molar-refractivity contribution is 7.92. The summed E-state index contributed by atoms with van der Waals surface area (Å²) in [6, 6.07) is 0. The second-order valence-electron chi connectivity index (χ2n) is 7.47. The Kier molecular flexibility index (Phi) is 9.05. The van der Waals surface area contributed by atoms with E-state index < -0.39 is 14.6 Å². The third kappa shape index (κ3) is 7.83. The van der Waals surface area contributed by atoms with Crippen LogP contribution in [0, 0.1) is 0 Å². The summed E-state index contributed by atoms with van der Waals surface area (Å²) in [5, 5.41) is 6.36. The molecule has 2 N–H and O–H groups in total. The molecule has 0 bridgehead atoms. The largest absolute Gasteiger partial charge is 0.356 e. The molecule has 142 valence electrons. The molecule has 6 nitrogen and oxygen atoms in total. The lowest BCUT2D eigenvalue weighted by atomic mass is 10.2. The lowest BCUT2D eigenvalue weighted by Crippen LogP contribution is -2.42. The first-order valence-corrected chi connectivity index (χ1v) is 10.8. The van der Waals surface area contributed by atoms with Gasteiger partial charge in [0.1, 0.15) is 0 Å². The van der Waals surface area contributed by atoms with Crippen molar-refractivity contribution in [2.75, 3.05) is 45.5 Å². The maximum absolute atomic E-state index is 12.1. The van der Waals surface area contributed by atoms with Gasteiger partial charge in [0.25, 0.3) is 0 Å². The quantitative estimate of drug-likeness (QED) is 0.410. The summed E-state index contributed by atoms with van der Waals surface area (Å²) >= 11 is 0. The van der Waals surface area contributed by atoms with E-state index in [0.717, 1.165) is 19.5 Å². The van der Waals surface area contributed by atoms with E-state index in [2.05, 4.69) is 20.5 Å². The predicted octanol–water partition coefficient (Wildman–Crippen LogP) is 1.63. The van der Waals surface area contributed by atoms with Gasteiger partial charge in [0.05, 0.1) is 10.5 Å². The van der Waals surface area contributed by atoms with Gasteiger partial charge in [-0.1, -0.05) is 12.8 Å². The molecule has 0 aliphatic carbocycles. The van der Waals surface area contributed by atoms with Crippen LogP contribution < -0.4 is 10.6 Å². The number of guanidine groups is 1. The average molecular weight is 361 g/mol. The second-order valence-corrected chi connectivity index (χ2v) is 10.3. The molecule has 0 radical (unpaired) electrons. The molecule has 0 amide bonds. The lowest BCUT2D eigenvalue weighted by Gasteiger charge is -2.21. The summed E-state index contributed by atoms with van der Waals surface area (Å²) in [4.78, 5) is 6.70. The number of sulfone groups is 1. The maximum Gasteiger partial charge on any atom is 0.191 e. The van der Waals surface area contributed by atoms with Crippen molar-refractivity contribution in [3.63, 3.8) is 0 Å². The number of nitrogens with one attached hydrogen (secondary N) is 2.